The van der Waals surface area contributed by atoms with Crippen molar-refractivity contribution in [1.29, 1.82) is 0 Å². The molecule has 0 bridgehead atoms. The van der Waals surface area contributed by atoms with Crippen LogP contribution >= 0.6 is 11.6 Å². The number of amides is 4. The summed E-state index contributed by atoms with van der Waals surface area (Å²) in [6.07, 6.45) is 0.349. The SMILES string of the molecule is O=C(CCc1c(F)cccc1Cl)N1CC(N2C(=O)CNC2=O)C1. The van der Waals surface area contributed by atoms with Crippen LogP contribution in [0.15, 0.2) is 18.2 Å². The second-order valence-corrected chi connectivity index (χ2v) is 5.98. The molecular formula is C15H15ClFN3O3. The Kier molecular flexibility index (Phi) is 4.21. The van der Waals surface area contributed by atoms with Crippen LogP contribution in [0.1, 0.15) is 12.0 Å². The molecule has 2 fully saturated rings. The highest BCUT2D eigenvalue weighted by Gasteiger charge is 2.42. The number of carbonyl (C=O) groups is 3. The minimum absolute atomic E-state index is 0.00899. The molecule has 6 nitrogen and oxygen atoms in total. The number of nitrogens with zero attached hydrogens (tertiary/aromatic N) is 2. The Bertz CT molecular complexity index is 640. The molecule has 0 saturated carbocycles. The maximum atomic E-state index is 13.7. The molecule has 0 radical (unpaired) electrons. The van der Waals surface area contributed by atoms with E-state index in [2.05, 4.69) is 5.32 Å². The van der Waals surface area contributed by atoms with Crippen molar-refractivity contribution >= 4 is 29.4 Å². The highest BCUT2D eigenvalue weighted by Crippen LogP contribution is 2.23. The molecule has 2 aliphatic rings. The molecule has 23 heavy (non-hydrogen) atoms. The molecule has 122 valence electrons. The fourth-order valence-corrected chi connectivity index (χ4v) is 3.05. The van der Waals surface area contributed by atoms with E-state index in [1.165, 1.54) is 12.1 Å². The summed E-state index contributed by atoms with van der Waals surface area (Å²) in [6, 6.07) is 3.72. The van der Waals surface area contributed by atoms with E-state index in [9.17, 15) is 18.8 Å². The van der Waals surface area contributed by atoms with Gasteiger partial charge in [-0.3, -0.25) is 14.5 Å². The van der Waals surface area contributed by atoms with Crippen LogP contribution < -0.4 is 5.32 Å². The van der Waals surface area contributed by atoms with E-state index in [0.717, 1.165) is 4.90 Å². The molecule has 8 heteroatoms. The van der Waals surface area contributed by atoms with Gasteiger partial charge < -0.3 is 10.2 Å². The molecule has 0 aromatic heterocycles. The van der Waals surface area contributed by atoms with Crippen LogP contribution in [0.5, 0.6) is 0 Å². The summed E-state index contributed by atoms with van der Waals surface area (Å²) in [5, 5.41) is 2.75. The molecule has 3 rings (SSSR count). The number of hydrogen-bond acceptors (Lipinski definition) is 3. The highest BCUT2D eigenvalue weighted by atomic mass is 35.5. The summed E-state index contributed by atoms with van der Waals surface area (Å²) in [5.74, 6) is -0.844. The Balaban J connectivity index is 1.51. The summed E-state index contributed by atoms with van der Waals surface area (Å²) in [5.41, 5.74) is 0.327. The lowest BCUT2D eigenvalue weighted by Crippen LogP contribution is -2.62. The first-order chi connectivity index (χ1) is 11.0. The summed E-state index contributed by atoms with van der Waals surface area (Å²) in [6.45, 7) is 0.654. The van der Waals surface area contributed by atoms with Crippen LogP contribution in [0.3, 0.4) is 0 Å². The highest BCUT2D eigenvalue weighted by molar-refractivity contribution is 6.31. The van der Waals surface area contributed by atoms with E-state index < -0.39 is 11.8 Å². The maximum absolute atomic E-state index is 13.7. The van der Waals surface area contributed by atoms with Crippen molar-refractivity contribution in [2.24, 2.45) is 0 Å². The Morgan fingerprint density at radius 2 is 2.09 bits per heavy atom. The zero-order valence-electron chi connectivity index (χ0n) is 12.2. The molecule has 2 heterocycles. The van der Waals surface area contributed by atoms with E-state index in [1.54, 1.807) is 11.0 Å². The number of benzene rings is 1. The summed E-state index contributed by atoms with van der Waals surface area (Å²) in [7, 11) is 0. The summed E-state index contributed by atoms with van der Waals surface area (Å²) < 4.78 is 13.7. The number of likely N-dealkylation sites (tertiary alicyclic amines) is 1. The van der Waals surface area contributed by atoms with E-state index in [1.807, 2.05) is 0 Å². The van der Waals surface area contributed by atoms with Gasteiger partial charge in [0.15, 0.2) is 0 Å². The van der Waals surface area contributed by atoms with Crippen LogP contribution in [-0.4, -0.2) is 53.3 Å². The van der Waals surface area contributed by atoms with Crippen molar-refractivity contribution < 1.29 is 18.8 Å². The van der Waals surface area contributed by atoms with Crippen LogP contribution in [0, 0.1) is 5.82 Å². The number of hydrogen-bond donors (Lipinski definition) is 1. The van der Waals surface area contributed by atoms with Crippen LogP contribution in [0.2, 0.25) is 5.02 Å². The third kappa shape index (κ3) is 3.01. The number of urea groups is 1. The molecule has 0 atom stereocenters. The average molecular weight is 340 g/mol. The van der Waals surface area contributed by atoms with Gasteiger partial charge in [0.2, 0.25) is 11.8 Å². The lowest BCUT2D eigenvalue weighted by molar-refractivity contribution is -0.142. The number of halogens is 2. The predicted molar refractivity (Wildman–Crippen MR) is 80.3 cm³/mol. The second-order valence-electron chi connectivity index (χ2n) is 5.58. The summed E-state index contributed by atoms with van der Waals surface area (Å²) >= 11 is 5.93. The maximum Gasteiger partial charge on any atom is 0.324 e. The molecule has 1 aromatic carbocycles. The van der Waals surface area contributed by atoms with Gasteiger partial charge in [0.1, 0.15) is 5.82 Å². The Labute approximate surface area is 137 Å². The van der Waals surface area contributed by atoms with Crippen molar-refractivity contribution in [3.05, 3.63) is 34.6 Å². The Morgan fingerprint density at radius 1 is 1.35 bits per heavy atom. The van der Waals surface area contributed by atoms with Gasteiger partial charge in [-0.2, -0.15) is 0 Å². The fraction of sp³-hybridized carbons (Fsp3) is 0.400. The third-order valence-electron chi connectivity index (χ3n) is 4.11. The largest absolute Gasteiger partial charge is 0.338 e. The lowest BCUT2D eigenvalue weighted by atomic mass is 10.0. The van der Waals surface area contributed by atoms with Gasteiger partial charge in [-0.15, -0.1) is 0 Å². The van der Waals surface area contributed by atoms with E-state index in [-0.39, 0.29) is 37.2 Å². The number of nitrogens with one attached hydrogen (secondary N) is 1. The van der Waals surface area contributed by atoms with Gasteiger partial charge in [0, 0.05) is 30.1 Å². The van der Waals surface area contributed by atoms with Crippen molar-refractivity contribution in [3.63, 3.8) is 0 Å². The van der Waals surface area contributed by atoms with Gasteiger partial charge in [0.25, 0.3) is 0 Å². The fourth-order valence-electron chi connectivity index (χ4n) is 2.79. The van der Waals surface area contributed by atoms with Gasteiger partial charge in [-0.05, 0) is 18.6 Å². The van der Waals surface area contributed by atoms with Gasteiger partial charge >= 0.3 is 6.03 Å². The van der Waals surface area contributed by atoms with E-state index in [0.29, 0.717) is 23.7 Å². The van der Waals surface area contributed by atoms with Gasteiger partial charge in [-0.1, -0.05) is 17.7 Å². The number of carbonyl (C=O) groups excluding carboxylic acids is 3. The van der Waals surface area contributed by atoms with Crippen molar-refractivity contribution in [2.75, 3.05) is 19.6 Å². The number of imide groups is 1. The van der Waals surface area contributed by atoms with Crippen molar-refractivity contribution in [3.8, 4) is 0 Å². The average Bonchev–Trinajstić information content (AvgIpc) is 2.77. The third-order valence-corrected chi connectivity index (χ3v) is 4.46. The van der Waals surface area contributed by atoms with E-state index in [4.69, 9.17) is 11.6 Å². The first-order valence-electron chi connectivity index (χ1n) is 7.28. The zero-order chi connectivity index (χ0) is 16.6. The Morgan fingerprint density at radius 3 is 2.70 bits per heavy atom. The van der Waals surface area contributed by atoms with Crippen molar-refractivity contribution in [1.82, 2.24) is 15.1 Å². The quantitative estimate of drug-likeness (QED) is 0.837. The molecule has 1 aromatic rings. The first-order valence-corrected chi connectivity index (χ1v) is 7.65. The molecule has 1 N–H and O–H groups in total. The van der Waals surface area contributed by atoms with Crippen LogP contribution in [0.4, 0.5) is 9.18 Å². The first kappa shape index (κ1) is 15.7. The molecular weight excluding hydrogens is 325 g/mol. The van der Waals surface area contributed by atoms with Gasteiger partial charge in [0.05, 0.1) is 12.6 Å². The standard InChI is InChI=1S/C15H15ClFN3O3/c16-11-2-1-3-12(17)10(11)4-5-13(21)19-7-9(8-19)20-14(22)6-18-15(20)23/h1-3,9H,4-8H2,(H,18,23). The van der Waals surface area contributed by atoms with Gasteiger partial charge in [-0.25, -0.2) is 9.18 Å². The smallest absolute Gasteiger partial charge is 0.324 e. The van der Waals surface area contributed by atoms with E-state index >= 15 is 0 Å². The zero-order valence-corrected chi connectivity index (χ0v) is 13.0. The lowest BCUT2D eigenvalue weighted by Gasteiger charge is -2.42. The monoisotopic (exact) mass is 339 g/mol. The minimum Gasteiger partial charge on any atom is -0.338 e. The summed E-state index contributed by atoms with van der Waals surface area (Å²) in [4.78, 5) is 37.9. The number of rotatable bonds is 4. The molecule has 2 saturated heterocycles. The molecule has 0 spiro atoms. The molecule has 4 amide bonds. The van der Waals surface area contributed by atoms with Crippen LogP contribution in [-0.2, 0) is 16.0 Å². The predicted octanol–water partition coefficient (Wildman–Crippen LogP) is 1.17. The Hall–Kier alpha value is -2.15. The topological polar surface area (TPSA) is 69.7 Å². The molecule has 2 aliphatic heterocycles. The minimum atomic E-state index is -0.425. The van der Waals surface area contributed by atoms with Crippen LogP contribution in [0.25, 0.3) is 0 Å². The normalized spacial score (nSPS) is 18.2. The molecule has 0 unspecified atom stereocenters. The molecule has 0 aliphatic carbocycles. The van der Waals surface area contributed by atoms with Crippen molar-refractivity contribution in [2.45, 2.75) is 18.9 Å². The second kappa shape index (κ2) is 6.16.